The standard InChI is InChI=1S/C15H15ClN4/c1-3-7-19-10-20(8-4-2)15-12(19)6-5-11-14(15)17-9-13(16)18-11/h3-6,9H,1-2,7-8,10H2. The zero-order valence-corrected chi connectivity index (χ0v) is 11.8. The third-order valence-corrected chi connectivity index (χ3v) is 3.52. The van der Waals surface area contributed by atoms with Gasteiger partial charge in [0.2, 0.25) is 0 Å². The highest BCUT2D eigenvalue weighted by molar-refractivity contribution is 6.29. The van der Waals surface area contributed by atoms with E-state index in [9.17, 15) is 0 Å². The number of anilines is 2. The lowest BCUT2D eigenvalue weighted by molar-refractivity contribution is 0.844. The molecule has 5 heteroatoms. The molecule has 1 aromatic heterocycles. The van der Waals surface area contributed by atoms with Crippen LogP contribution in [0.1, 0.15) is 0 Å². The van der Waals surface area contributed by atoms with E-state index in [0.717, 1.165) is 42.2 Å². The predicted molar refractivity (Wildman–Crippen MR) is 84.5 cm³/mol. The van der Waals surface area contributed by atoms with E-state index in [1.54, 1.807) is 6.20 Å². The second-order valence-corrected chi connectivity index (χ2v) is 5.04. The lowest BCUT2D eigenvalue weighted by Gasteiger charge is -2.19. The van der Waals surface area contributed by atoms with Crippen molar-refractivity contribution in [2.75, 3.05) is 29.6 Å². The summed E-state index contributed by atoms with van der Waals surface area (Å²) in [6.45, 7) is 10.0. The van der Waals surface area contributed by atoms with Gasteiger partial charge in [0, 0.05) is 13.1 Å². The lowest BCUT2D eigenvalue weighted by atomic mass is 10.2. The number of hydrogen-bond acceptors (Lipinski definition) is 4. The minimum atomic E-state index is 0.411. The molecule has 0 aliphatic carbocycles. The summed E-state index contributed by atoms with van der Waals surface area (Å²) in [7, 11) is 0. The zero-order chi connectivity index (χ0) is 14.1. The second kappa shape index (κ2) is 5.13. The maximum Gasteiger partial charge on any atom is 0.148 e. The number of fused-ring (bicyclic) bond motifs is 3. The highest BCUT2D eigenvalue weighted by atomic mass is 35.5. The summed E-state index contributed by atoms with van der Waals surface area (Å²) in [6.07, 6.45) is 5.38. The van der Waals surface area contributed by atoms with Crippen LogP contribution in [0, 0.1) is 0 Å². The first kappa shape index (κ1) is 12.9. The molecular formula is C15H15ClN4. The van der Waals surface area contributed by atoms with Gasteiger partial charge in [0.05, 0.1) is 29.8 Å². The Morgan fingerprint density at radius 3 is 2.70 bits per heavy atom. The van der Waals surface area contributed by atoms with Crippen molar-refractivity contribution < 1.29 is 0 Å². The molecule has 0 radical (unpaired) electrons. The van der Waals surface area contributed by atoms with Crippen LogP contribution >= 0.6 is 11.6 Å². The molecule has 0 fully saturated rings. The minimum Gasteiger partial charge on any atom is -0.348 e. The summed E-state index contributed by atoms with van der Waals surface area (Å²) < 4.78 is 0. The molecule has 0 amide bonds. The molecule has 102 valence electrons. The van der Waals surface area contributed by atoms with E-state index in [0.29, 0.717) is 5.15 Å². The molecule has 0 saturated carbocycles. The molecule has 0 bridgehead atoms. The van der Waals surface area contributed by atoms with Crippen LogP contribution in [0.25, 0.3) is 11.0 Å². The number of benzene rings is 1. The number of hydrogen-bond donors (Lipinski definition) is 0. The SMILES string of the molecule is C=CCN1CN(CC=C)c2c1ccc1nc(Cl)cnc21. The summed E-state index contributed by atoms with van der Waals surface area (Å²) >= 11 is 5.92. The molecule has 0 saturated heterocycles. The molecule has 2 aromatic rings. The van der Waals surface area contributed by atoms with Crippen LogP contribution in [0.5, 0.6) is 0 Å². The Balaban J connectivity index is 2.19. The van der Waals surface area contributed by atoms with Crippen molar-refractivity contribution in [1.82, 2.24) is 9.97 Å². The molecule has 20 heavy (non-hydrogen) atoms. The molecule has 0 spiro atoms. The Morgan fingerprint density at radius 2 is 1.95 bits per heavy atom. The number of rotatable bonds is 4. The van der Waals surface area contributed by atoms with E-state index in [1.165, 1.54) is 0 Å². The fourth-order valence-corrected chi connectivity index (χ4v) is 2.71. The van der Waals surface area contributed by atoms with Gasteiger partial charge in [-0.3, -0.25) is 0 Å². The topological polar surface area (TPSA) is 32.3 Å². The zero-order valence-electron chi connectivity index (χ0n) is 11.1. The molecule has 2 heterocycles. The van der Waals surface area contributed by atoms with Crippen molar-refractivity contribution in [3.05, 3.63) is 48.8 Å². The van der Waals surface area contributed by atoms with E-state index in [-0.39, 0.29) is 0 Å². The summed E-state index contributed by atoms with van der Waals surface area (Å²) in [4.78, 5) is 13.3. The van der Waals surface area contributed by atoms with Crippen LogP contribution in [-0.2, 0) is 0 Å². The van der Waals surface area contributed by atoms with Gasteiger partial charge in [0.1, 0.15) is 10.7 Å². The first-order chi connectivity index (χ1) is 9.74. The first-order valence-electron chi connectivity index (χ1n) is 6.41. The lowest BCUT2D eigenvalue weighted by Crippen LogP contribution is -2.30. The number of halogens is 1. The highest BCUT2D eigenvalue weighted by Gasteiger charge is 2.27. The van der Waals surface area contributed by atoms with E-state index in [4.69, 9.17) is 11.6 Å². The van der Waals surface area contributed by atoms with Gasteiger partial charge in [-0.15, -0.1) is 13.2 Å². The van der Waals surface area contributed by atoms with Gasteiger partial charge in [0.25, 0.3) is 0 Å². The van der Waals surface area contributed by atoms with E-state index < -0.39 is 0 Å². The first-order valence-corrected chi connectivity index (χ1v) is 6.79. The quantitative estimate of drug-likeness (QED) is 0.808. The summed E-state index contributed by atoms with van der Waals surface area (Å²) in [5.74, 6) is 0. The van der Waals surface area contributed by atoms with Gasteiger partial charge in [-0.25, -0.2) is 9.97 Å². The van der Waals surface area contributed by atoms with Crippen molar-refractivity contribution in [2.24, 2.45) is 0 Å². The van der Waals surface area contributed by atoms with Gasteiger partial charge in [-0.2, -0.15) is 0 Å². The van der Waals surface area contributed by atoms with Gasteiger partial charge < -0.3 is 9.80 Å². The molecular weight excluding hydrogens is 272 g/mol. The minimum absolute atomic E-state index is 0.411. The Hall–Kier alpha value is -2.07. The molecule has 0 N–H and O–H groups in total. The molecule has 0 atom stereocenters. The summed E-state index contributed by atoms with van der Waals surface area (Å²) in [6, 6.07) is 4.02. The van der Waals surface area contributed by atoms with Crippen molar-refractivity contribution >= 4 is 34.0 Å². The van der Waals surface area contributed by atoms with E-state index in [1.807, 2.05) is 18.2 Å². The summed E-state index contributed by atoms with van der Waals surface area (Å²) in [5.41, 5.74) is 3.93. The Labute approximate surface area is 123 Å². The van der Waals surface area contributed by atoms with Crippen LogP contribution in [0.2, 0.25) is 5.15 Å². The van der Waals surface area contributed by atoms with Gasteiger partial charge in [-0.05, 0) is 12.1 Å². The average molecular weight is 287 g/mol. The van der Waals surface area contributed by atoms with Crippen molar-refractivity contribution in [3.8, 4) is 0 Å². The smallest absolute Gasteiger partial charge is 0.148 e. The Bertz CT molecular complexity index is 683. The third-order valence-electron chi connectivity index (χ3n) is 3.33. The molecule has 1 aromatic carbocycles. The summed E-state index contributed by atoms with van der Waals surface area (Å²) in [5, 5.41) is 0.411. The maximum atomic E-state index is 5.92. The molecule has 1 aliphatic rings. The fourth-order valence-electron chi connectivity index (χ4n) is 2.57. The largest absolute Gasteiger partial charge is 0.348 e. The predicted octanol–water partition coefficient (Wildman–Crippen LogP) is 3.24. The molecule has 3 rings (SSSR count). The van der Waals surface area contributed by atoms with Crippen LogP contribution in [0.4, 0.5) is 11.4 Å². The van der Waals surface area contributed by atoms with Crippen LogP contribution in [-0.4, -0.2) is 29.7 Å². The Morgan fingerprint density at radius 1 is 1.20 bits per heavy atom. The maximum absolute atomic E-state index is 5.92. The molecule has 4 nitrogen and oxygen atoms in total. The van der Waals surface area contributed by atoms with Gasteiger partial charge >= 0.3 is 0 Å². The van der Waals surface area contributed by atoms with E-state index in [2.05, 4.69) is 39.0 Å². The van der Waals surface area contributed by atoms with Crippen LogP contribution in [0.15, 0.2) is 43.6 Å². The second-order valence-electron chi connectivity index (χ2n) is 4.66. The van der Waals surface area contributed by atoms with Crippen molar-refractivity contribution in [2.45, 2.75) is 0 Å². The monoisotopic (exact) mass is 286 g/mol. The number of nitrogens with zero attached hydrogens (tertiary/aromatic N) is 4. The van der Waals surface area contributed by atoms with Crippen LogP contribution in [0.3, 0.4) is 0 Å². The molecule has 1 aliphatic heterocycles. The highest BCUT2D eigenvalue weighted by Crippen LogP contribution is 2.40. The fraction of sp³-hybridized carbons (Fsp3) is 0.200. The normalized spacial score (nSPS) is 13.7. The molecule has 0 unspecified atom stereocenters. The van der Waals surface area contributed by atoms with Gasteiger partial charge in [-0.1, -0.05) is 23.8 Å². The van der Waals surface area contributed by atoms with E-state index >= 15 is 0 Å². The number of aromatic nitrogens is 2. The van der Waals surface area contributed by atoms with Gasteiger partial charge in [0.15, 0.2) is 0 Å². The Kier molecular flexibility index (Phi) is 3.32. The van der Waals surface area contributed by atoms with Crippen LogP contribution < -0.4 is 9.80 Å². The van der Waals surface area contributed by atoms with Crippen molar-refractivity contribution in [1.29, 1.82) is 0 Å². The average Bonchev–Trinajstić information content (AvgIpc) is 2.78. The third kappa shape index (κ3) is 2.02. The van der Waals surface area contributed by atoms with Crippen molar-refractivity contribution in [3.63, 3.8) is 0 Å².